The van der Waals surface area contributed by atoms with E-state index in [1.54, 1.807) is 0 Å². The first-order chi connectivity index (χ1) is 8.83. The number of likely N-dealkylation sites (N-methyl/N-ethyl adjacent to an activating group) is 1. The number of rotatable bonds is 4. The highest BCUT2D eigenvalue weighted by atomic mass is 16.6. The lowest BCUT2D eigenvalue weighted by atomic mass is 10.0. The number of nitrogens with two attached hydrogens (primary N) is 1. The van der Waals surface area contributed by atoms with Gasteiger partial charge in [-0.05, 0) is 60.2 Å². The van der Waals surface area contributed by atoms with E-state index in [2.05, 4.69) is 11.9 Å². The topological polar surface area (TPSA) is 58.8 Å². The molecule has 0 aliphatic carbocycles. The molecule has 1 amide bonds. The second-order valence-corrected chi connectivity index (χ2v) is 6.35. The van der Waals surface area contributed by atoms with Crippen molar-refractivity contribution in [2.45, 2.75) is 51.7 Å². The zero-order chi connectivity index (χ0) is 14.5. The smallest absolute Gasteiger partial charge is 0.410 e. The molecular weight excluding hydrogens is 242 g/mol. The molecule has 1 heterocycles. The van der Waals surface area contributed by atoms with Gasteiger partial charge in [0.2, 0.25) is 0 Å². The summed E-state index contributed by atoms with van der Waals surface area (Å²) in [6, 6.07) is 0.424. The molecule has 0 aromatic rings. The van der Waals surface area contributed by atoms with Crippen LogP contribution < -0.4 is 5.73 Å². The summed E-state index contributed by atoms with van der Waals surface area (Å²) in [6.07, 6.45) is 2.99. The zero-order valence-corrected chi connectivity index (χ0v) is 12.8. The molecule has 1 saturated heterocycles. The Morgan fingerprint density at radius 1 is 1.47 bits per heavy atom. The van der Waals surface area contributed by atoms with Crippen molar-refractivity contribution in [3.05, 3.63) is 0 Å². The van der Waals surface area contributed by atoms with Gasteiger partial charge in [-0.25, -0.2) is 4.79 Å². The Labute approximate surface area is 117 Å². The maximum atomic E-state index is 12.1. The van der Waals surface area contributed by atoms with E-state index in [-0.39, 0.29) is 6.09 Å². The minimum atomic E-state index is -0.421. The number of hydrogen-bond donors (Lipinski definition) is 1. The second-order valence-electron chi connectivity index (χ2n) is 6.35. The molecule has 112 valence electrons. The van der Waals surface area contributed by atoms with Gasteiger partial charge in [-0.15, -0.1) is 0 Å². The van der Waals surface area contributed by atoms with Crippen molar-refractivity contribution in [3.8, 4) is 0 Å². The fourth-order valence-electron chi connectivity index (χ4n) is 2.33. The maximum Gasteiger partial charge on any atom is 0.410 e. The highest BCUT2D eigenvalue weighted by Gasteiger charge is 2.29. The van der Waals surface area contributed by atoms with Gasteiger partial charge in [0.05, 0.1) is 0 Å². The molecule has 2 N–H and O–H groups in total. The molecule has 5 heteroatoms. The molecule has 0 saturated carbocycles. The molecule has 0 spiro atoms. The highest BCUT2D eigenvalue weighted by molar-refractivity contribution is 5.68. The molecule has 0 aromatic carbocycles. The molecule has 1 fully saturated rings. The fraction of sp³-hybridized carbons (Fsp3) is 0.929. The van der Waals surface area contributed by atoms with Crippen molar-refractivity contribution in [2.24, 2.45) is 5.73 Å². The molecule has 1 atom stereocenters. The van der Waals surface area contributed by atoms with Crippen LogP contribution >= 0.6 is 0 Å². The van der Waals surface area contributed by atoms with Gasteiger partial charge in [-0.1, -0.05) is 0 Å². The lowest BCUT2D eigenvalue weighted by Crippen LogP contribution is -2.50. The number of hydrogen-bond acceptors (Lipinski definition) is 4. The Hall–Kier alpha value is -0.810. The number of carbonyl (C=O) groups excluding carboxylic acids is 1. The first kappa shape index (κ1) is 16.2. The normalized spacial score (nSPS) is 20.7. The largest absolute Gasteiger partial charge is 0.444 e. The SMILES string of the molecule is CN(CCCN)C1CCCN(C(=O)OC(C)(C)C)C1. The summed E-state index contributed by atoms with van der Waals surface area (Å²) in [6.45, 7) is 8.97. The van der Waals surface area contributed by atoms with E-state index in [9.17, 15) is 4.79 Å². The molecule has 1 rings (SSSR count). The third-order valence-electron chi connectivity index (χ3n) is 3.39. The molecule has 1 unspecified atom stereocenters. The van der Waals surface area contributed by atoms with Crippen LogP contribution in [0.2, 0.25) is 0 Å². The maximum absolute atomic E-state index is 12.1. The number of amides is 1. The summed E-state index contributed by atoms with van der Waals surface area (Å²) in [5.74, 6) is 0. The molecule has 19 heavy (non-hydrogen) atoms. The lowest BCUT2D eigenvalue weighted by Gasteiger charge is -2.38. The van der Waals surface area contributed by atoms with Crippen LogP contribution in [-0.4, -0.2) is 60.8 Å². The summed E-state index contributed by atoms with van der Waals surface area (Å²) in [4.78, 5) is 16.2. The van der Waals surface area contributed by atoms with Crippen molar-refractivity contribution < 1.29 is 9.53 Å². The molecular formula is C14H29N3O2. The summed E-state index contributed by atoms with van der Waals surface area (Å²) < 4.78 is 5.43. The van der Waals surface area contributed by atoms with Crippen LogP contribution in [0.3, 0.4) is 0 Å². The van der Waals surface area contributed by atoms with Crippen LogP contribution in [0.4, 0.5) is 4.79 Å². The predicted octanol–water partition coefficient (Wildman–Crippen LogP) is 1.67. The van der Waals surface area contributed by atoms with E-state index in [1.807, 2.05) is 25.7 Å². The Kier molecular flexibility index (Phi) is 6.07. The van der Waals surface area contributed by atoms with E-state index in [4.69, 9.17) is 10.5 Å². The van der Waals surface area contributed by atoms with Gasteiger partial charge in [0.1, 0.15) is 5.60 Å². The van der Waals surface area contributed by atoms with Crippen LogP contribution in [0.1, 0.15) is 40.0 Å². The van der Waals surface area contributed by atoms with Crippen molar-refractivity contribution in [1.82, 2.24) is 9.80 Å². The lowest BCUT2D eigenvalue weighted by molar-refractivity contribution is 0.0125. The van der Waals surface area contributed by atoms with Gasteiger partial charge in [0, 0.05) is 19.1 Å². The second kappa shape index (κ2) is 7.10. The summed E-state index contributed by atoms with van der Waals surface area (Å²) in [7, 11) is 2.11. The minimum Gasteiger partial charge on any atom is -0.444 e. The number of carbonyl (C=O) groups is 1. The fourth-order valence-corrected chi connectivity index (χ4v) is 2.33. The molecule has 0 aromatic heterocycles. The third kappa shape index (κ3) is 5.78. The Balaban J connectivity index is 2.47. The first-order valence-electron chi connectivity index (χ1n) is 7.21. The monoisotopic (exact) mass is 271 g/mol. The minimum absolute atomic E-state index is 0.190. The van der Waals surface area contributed by atoms with Crippen molar-refractivity contribution in [3.63, 3.8) is 0 Å². The molecule has 1 aliphatic rings. The Morgan fingerprint density at radius 3 is 2.74 bits per heavy atom. The summed E-state index contributed by atoms with van der Waals surface area (Å²) >= 11 is 0. The summed E-state index contributed by atoms with van der Waals surface area (Å²) in [5.41, 5.74) is 5.12. The molecule has 0 radical (unpaired) electrons. The van der Waals surface area contributed by atoms with Gasteiger partial charge >= 0.3 is 6.09 Å². The Bertz CT molecular complexity index is 289. The molecule has 5 nitrogen and oxygen atoms in total. The highest BCUT2D eigenvalue weighted by Crippen LogP contribution is 2.18. The quantitative estimate of drug-likeness (QED) is 0.845. The van der Waals surface area contributed by atoms with E-state index in [0.29, 0.717) is 12.6 Å². The standard InChI is InChI=1S/C14H29N3O2/c1-14(2,3)19-13(18)17-10-5-7-12(11-17)16(4)9-6-8-15/h12H,5-11,15H2,1-4H3. The van der Waals surface area contributed by atoms with E-state index < -0.39 is 5.60 Å². The average Bonchev–Trinajstić information content (AvgIpc) is 2.34. The van der Waals surface area contributed by atoms with Gasteiger partial charge in [-0.2, -0.15) is 0 Å². The summed E-state index contributed by atoms with van der Waals surface area (Å²) in [5, 5.41) is 0. The number of likely N-dealkylation sites (tertiary alicyclic amines) is 1. The van der Waals surface area contributed by atoms with Crippen molar-refractivity contribution >= 4 is 6.09 Å². The molecule has 1 aliphatic heterocycles. The first-order valence-corrected chi connectivity index (χ1v) is 7.21. The van der Waals surface area contributed by atoms with Crippen LogP contribution in [0.5, 0.6) is 0 Å². The Morgan fingerprint density at radius 2 is 2.16 bits per heavy atom. The van der Waals surface area contributed by atoms with Crippen molar-refractivity contribution in [2.75, 3.05) is 33.2 Å². The van der Waals surface area contributed by atoms with E-state index >= 15 is 0 Å². The average molecular weight is 271 g/mol. The predicted molar refractivity (Wildman–Crippen MR) is 77.1 cm³/mol. The van der Waals surface area contributed by atoms with Crippen molar-refractivity contribution in [1.29, 1.82) is 0 Å². The van der Waals surface area contributed by atoms with Crippen LogP contribution in [0, 0.1) is 0 Å². The number of ether oxygens (including phenoxy) is 1. The van der Waals surface area contributed by atoms with E-state index in [0.717, 1.165) is 38.9 Å². The van der Waals surface area contributed by atoms with Crippen LogP contribution in [0.25, 0.3) is 0 Å². The zero-order valence-electron chi connectivity index (χ0n) is 12.8. The number of nitrogens with zero attached hydrogens (tertiary/aromatic N) is 2. The van der Waals surface area contributed by atoms with E-state index in [1.165, 1.54) is 0 Å². The van der Waals surface area contributed by atoms with Crippen LogP contribution in [0.15, 0.2) is 0 Å². The van der Waals surface area contributed by atoms with Gasteiger partial charge in [0.25, 0.3) is 0 Å². The molecule has 0 bridgehead atoms. The van der Waals surface area contributed by atoms with Crippen LogP contribution in [-0.2, 0) is 4.74 Å². The number of piperidine rings is 1. The van der Waals surface area contributed by atoms with Gasteiger partial charge in [-0.3, -0.25) is 0 Å². The van der Waals surface area contributed by atoms with Gasteiger partial charge < -0.3 is 20.3 Å². The van der Waals surface area contributed by atoms with Gasteiger partial charge in [0.15, 0.2) is 0 Å². The third-order valence-corrected chi connectivity index (χ3v) is 3.39.